The molecule has 6 nitrogen and oxygen atoms in total. The molecule has 0 aromatic heterocycles. The van der Waals surface area contributed by atoms with Crippen LogP contribution in [-0.4, -0.2) is 29.9 Å². The lowest BCUT2D eigenvalue weighted by Crippen LogP contribution is -2.36. The summed E-state index contributed by atoms with van der Waals surface area (Å²) in [7, 11) is 1.67. The Morgan fingerprint density at radius 2 is 1.56 bits per heavy atom. The van der Waals surface area contributed by atoms with E-state index in [0.29, 0.717) is 18.5 Å². The van der Waals surface area contributed by atoms with Crippen molar-refractivity contribution in [3.05, 3.63) is 35.4 Å². The molecule has 0 fully saturated rings. The number of anilines is 2. The highest BCUT2D eigenvalue weighted by molar-refractivity contribution is 5.96. The van der Waals surface area contributed by atoms with Crippen molar-refractivity contribution in [2.75, 3.05) is 17.3 Å². The molecular formula is C19H24N2O4. The fourth-order valence-corrected chi connectivity index (χ4v) is 3.01. The molecule has 6 heteroatoms. The Morgan fingerprint density at radius 1 is 1.04 bits per heavy atom. The average Bonchev–Trinajstić information content (AvgIpc) is 2.56. The lowest BCUT2D eigenvalue weighted by Gasteiger charge is -2.29. The van der Waals surface area contributed by atoms with Crippen LogP contribution in [0.4, 0.5) is 11.4 Å². The number of carbonyl (C=O) groups excluding carboxylic acids is 2. The molecule has 25 heavy (non-hydrogen) atoms. The Kier molecular flexibility index (Phi) is 5.62. The standard InChI is InChI=1S/C19H24N2O4/c1-11-9-16(17(19(24)25)10-12(11)2)18(23)20-14-5-7-15(8-6-14)21(4)13(3)22/h5-8,16-17H,9-10H2,1-4H3,(H,20,23)(H,24,25). The third kappa shape index (κ3) is 4.26. The monoisotopic (exact) mass is 344 g/mol. The molecule has 1 aromatic carbocycles. The van der Waals surface area contributed by atoms with Crippen LogP contribution >= 0.6 is 0 Å². The van der Waals surface area contributed by atoms with Gasteiger partial charge in [-0.25, -0.2) is 0 Å². The summed E-state index contributed by atoms with van der Waals surface area (Å²) in [6, 6.07) is 6.89. The molecule has 1 aromatic rings. The summed E-state index contributed by atoms with van der Waals surface area (Å²) in [6.45, 7) is 5.34. The van der Waals surface area contributed by atoms with E-state index in [9.17, 15) is 19.5 Å². The van der Waals surface area contributed by atoms with Crippen molar-refractivity contribution < 1.29 is 19.5 Å². The minimum Gasteiger partial charge on any atom is -0.481 e. The smallest absolute Gasteiger partial charge is 0.307 e. The van der Waals surface area contributed by atoms with Crippen molar-refractivity contribution >= 4 is 29.2 Å². The predicted octanol–water partition coefficient (Wildman–Crippen LogP) is 3.06. The fraction of sp³-hybridized carbons (Fsp3) is 0.421. The summed E-state index contributed by atoms with van der Waals surface area (Å²) in [5, 5.41) is 12.2. The maximum Gasteiger partial charge on any atom is 0.307 e. The first kappa shape index (κ1) is 18.7. The van der Waals surface area contributed by atoms with Crippen molar-refractivity contribution in [2.45, 2.75) is 33.6 Å². The van der Waals surface area contributed by atoms with Crippen LogP contribution in [0.1, 0.15) is 33.6 Å². The van der Waals surface area contributed by atoms with E-state index in [1.54, 1.807) is 31.3 Å². The highest BCUT2D eigenvalue weighted by Gasteiger charge is 2.37. The van der Waals surface area contributed by atoms with Gasteiger partial charge in [-0.2, -0.15) is 0 Å². The normalized spacial score (nSPS) is 20.2. The summed E-state index contributed by atoms with van der Waals surface area (Å²) >= 11 is 0. The SMILES string of the molecule is CC(=O)N(C)c1ccc(NC(=O)C2CC(C)=C(C)CC2C(=O)O)cc1. The molecule has 0 heterocycles. The fourth-order valence-electron chi connectivity index (χ4n) is 3.01. The number of carboxylic acids is 1. The van der Waals surface area contributed by atoms with Gasteiger partial charge in [-0.3, -0.25) is 14.4 Å². The number of allylic oxidation sites excluding steroid dienone is 2. The summed E-state index contributed by atoms with van der Waals surface area (Å²) < 4.78 is 0. The van der Waals surface area contributed by atoms with E-state index in [4.69, 9.17) is 0 Å². The highest BCUT2D eigenvalue weighted by atomic mass is 16.4. The first-order valence-corrected chi connectivity index (χ1v) is 8.24. The Balaban J connectivity index is 2.13. The number of nitrogens with zero attached hydrogens (tertiary/aromatic N) is 1. The quantitative estimate of drug-likeness (QED) is 0.822. The maximum atomic E-state index is 12.6. The molecule has 134 valence electrons. The van der Waals surface area contributed by atoms with Crippen molar-refractivity contribution in [1.82, 2.24) is 0 Å². The van der Waals surface area contributed by atoms with E-state index < -0.39 is 17.8 Å². The second-order valence-electron chi connectivity index (χ2n) is 6.63. The molecule has 2 N–H and O–H groups in total. The summed E-state index contributed by atoms with van der Waals surface area (Å²) in [5.41, 5.74) is 3.43. The maximum absolute atomic E-state index is 12.6. The van der Waals surface area contributed by atoms with Crippen molar-refractivity contribution in [3.8, 4) is 0 Å². The van der Waals surface area contributed by atoms with Gasteiger partial charge in [-0.05, 0) is 51.0 Å². The zero-order valence-electron chi connectivity index (χ0n) is 15.0. The minimum absolute atomic E-state index is 0.0825. The molecule has 0 aliphatic heterocycles. The largest absolute Gasteiger partial charge is 0.481 e. The minimum atomic E-state index is -0.939. The second kappa shape index (κ2) is 7.51. The van der Waals surface area contributed by atoms with E-state index in [0.717, 1.165) is 16.8 Å². The third-order valence-electron chi connectivity index (χ3n) is 4.91. The second-order valence-corrected chi connectivity index (χ2v) is 6.63. The lowest BCUT2D eigenvalue weighted by atomic mass is 9.76. The van der Waals surface area contributed by atoms with Crippen molar-refractivity contribution in [1.29, 1.82) is 0 Å². The van der Waals surface area contributed by atoms with Gasteiger partial charge in [0.1, 0.15) is 0 Å². The number of rotatable bonds is 4. The molecule has 0 bridgehead atoms. The van der Waals surface area contributed by atoms with E-state index in [1.165, 1.54) is 11.8 Å². The topological polar surface area (TPSA) is 86.7 Å². The number of amides is 2. The van der Waals surface area contributed by atoms with Gasteiger partial charge in [-0.1, -0.05) is 11.1 Å². The predicted molar refractivity (Wildman–Crippen MR) is 96.4 cm³/mol. The molecule has 2 atom stereocenters. The number of aliphatic carboxylic acids is 1. The van der Waals surface area contributed by atoms with Gasteiger partial charge in [0.05, 0.1) is 11.8 Å². The molecule has 0 saturated heterocycles. The van der Waals surface area contributed by atoms with Gasteiger partial charge in [0.15, 0.2) is 0 Å². The summed E-state index contributed by atoms with van der Waals surface area (Å²) in [4.78, 5) is 37.0. The number of nitrogens with one attached hydrogen (secondary N) is 1. The molecule has 2 rings (SSSR count). The zero-order valence-corrected chi connectivity index (χ0v) is 15.0. The van der Waals surface area contributed by atoms with Gasteiger partial charge in [0.25, 0.3) is 0 Å². The molecule has 2 unspecified atom stereocenters. The Labute approximate surface area is 147 Å². The number of hydrogen-bond acceptors (Lipinski definition) is 3. The molecule has 2 amide bonds. The Bertz CT molecular complexity index is 721. The van der Waals surface area contributed by atoms with Crippen LogP contribution in [0.5, 0.6) is 0 Å². The van der Waals surface area contributed by atoms with Crippen LogP contribution < -0.4 is 10.2 Å². The lowest BCUT2D eigenvalue weighted by molar-refractivity contribution is -0.146. The molecule has 1 aliphatic rings. The van der Waals surface area contributed by atoms with Gasteiger partial charge in [-0.15, -0.1) is 0 Å². The van der Waals surface area contributed by atoms with Crippen molar-refractivity contribution in [2.24, 2.45) is 11.8 Å². The Morgan fingerprint density at radius 3 is 2.04 bits per heavy atom. The van der Waals surface area contributed by atoms with Crippen LogP contribution in [0.15, 0.2) is 35.4 Å². The van der Waals surface area contributed by atoms with Crippen LogP contribution in [0.25, 0.3) is 0 Å². The van der Waals surface area contributed by atoms with Crippen LogP contribution in [0, 0.1) is 11.8 Å². The number of hydrogen-bond donors (Lipinski definition) is 2. The van der Waals surface area contributed by atoms with Gasteiger partial charge < -0.3 is 15.3 Å². The summed E-state index contributed by atoms with van der Waals surface area (Å²) in [5.74, 6) is -2.59. The van der Waals surface area contributed by atoms with Gasteiger partial charge in [0.2, 0.25) is 11.8 Å². The van der Waals surface area contributed by atoms with Gasteiger partial charge in [0, 0.05) is 25.3 Å². The van der Waals surface area contributed by atoms with Crippen LogP contribution in [0.3, 0.4) is 0 Å². The van der Waals surface area contributed by atoms with E-state index in [1.807, 2.05) is 13.8 Å². The van der Waals surface area contributed by atoms with E-state index in [2.05, 4.69) is 5.32 Å². The first-order chi connectivity index (χ1) is 11.7. The van der Waals surface area contributed by atoms with E-state index >= 15 is 0 Å². The first-order valence-electron chi connectivity index (χ1n) is 8.24. The average molecular weight is 344 g/mol. The number of benzene rings is 1. The molecule has 0 radical (unpaired) electrons. The Hall–Kier alpha value is -2.63. The highest BCUT2D eigenvalue weighted by Crippen LogP contribution is 2.35. The molecule has 1 aliphatic carbocycles. The van der Waals surface area contributed by atoms with Crippen LogP contribution in [-0.2, 0) is 14.4 Å². The summed E-state index contributed by atoms with van der Waals surface area (Å²) in [6.07, 6.45) is 0.862. The third-order valence-corrected chi connectivity index (χ3v) is 4.91. The van der Waals surface area contributed by atoms with Gasteiger partial charge >= 0.3 is 5.97 Å². The number of carbonyl (C=O) groups is 3. The van der Waals surface area contributed by atoms with Crippen LogP contribution in [0.2, 0.25) is 0 Å². The van der Waals surface area contributed by atoms with Crippen molar-refractivity contribution in [3.63, 3.8) is 0 Å². The number of carboxylic acid groups (broad SMARTS) is 1. The zero-order chi connectivity index (χ0) is 18.7. The molecule has 0 saturated carbocycles. The van der Waals surface area contributed by atoms with E-state index in [-0.39, 0.29) is 11.8 Å². The molecular weight excluding hydrogens is 320 g/mol. The molecule has 0 spiro atoms.